The normalized spacial score (nSPS) is 14.4. The first kappa shape index (κ1) is 22.3. The summed E-state index contributed by atoms with van der Waals surface area (Å²) >= 11 is 0. The summed E-state index contributed by atoms with van der Waals surface area (Å²) in [6, 6.07) is 0. The van der Waals surface area contributed by atoms with E-state index in [2.05, 4.69) is 0 Å². The minimum atomic E-state index is -7.14. The van der Waals surface area contributed by atoms with Crippen LogP contribution in [0.4, 0.5) is 43.9 Å². The average Bonchev–Trinajstić information content (AvgIpc) is 2.12. The molecule has 0 saturated heterocycles. The van der Waals surface area contributed by atoms with E-state index in [1.54, 1.807) is 6.92 Å². The van der Waals surface area contributed by atoms with Crippen molar-refractivity contribution in [3.8, 4) is 0 Å². The van der Waals surface area contributed by atoms with E-state index in [0.717, 1.165) is 0 Å². The lowest BCUT2D eigenvalue weighted by Crippen LogP contribution is -2.59. The van der Waals surface area contributed by atoms with Crippen molar-refractivity contribution in [2.45, 2.75) is 51.9 Å². The third kappa shape index (κ3) is 5.34. The third-order valence-corrected chi connectivity index (χ3v) is 2.16. The molecule has 0 unspecified atom stereocenters. The Bertz CT molecular complexity index is 334. The van der Waals surface area contributed by atoms with E-state index in [0.29, 0.717) is 0 Å². The molecule has 0 N–H and O–H groups in total. The summed E-state index contributed by atoms with van der Waals surface area (Å²) < 4.78 is 113. The summed E-state index contributed by atoms with van der Waals surface area (Å²) in [5, 5.41) is 0. The van der Waals surface area contributed by atoms with Gasteiger partial charge in [0.25, 0.3) is 0 Å². The highest BCUT2D eigenvalue weighted by atomic mass is 19.4. The molecule has 0 radical (unpaired) electrons. The molecule has 0 aliphatic heterocycles. The molecule has 0 aromatic carbocycles. The van der Waals surface area contributed by atoms with Crippen molar-refractivity contribution in [3.63, 3.8) is 0 Å². The fraction of sp³-hybridized carbons (Fsp3) is 0.900. The minimum absolute atomic E-state index is 0.139. The van der Waals surface area contributed by atoms with Crippen LogP contribution in [0.1, 0.15) is 27.7 Å². The number of hydrogen-bond acceptors (Lipinski definition) is 1. The number of halogens is 10. The lowest BCUT2D eigenvalue weighted by molar-refractivity contribution is -0.419. The summed E-state index contributed by atoms with van der Waals surface area (Å²) in [7, 11) is 0. The van der Waals surface area contributed by atoms with E-state index in [1.807, 2.05) is 20.8 Å². The maximum atomic E-state index is 11.6. The summed E-state index contributed by atoms with van der Waals surface area (Å²) in [4.78, 5) is 10.5. The van der Waals surface area contributed by atoms with E-state index < -0.39 is 24.2 Å². The van der Waals surface area contributed by atoms with Gasteiger partial charge in [-0.2, -0.15) is 43.9 Å². The molecule has 0 aromatic heterocycles. The van der Waals surface area contributed by atoms with Crippen molar-refractivity contribution >= 4 is 5.78 Å². The van der Waals surface area contributed by atoms with E-state index in [9.17, 15) is 48.7 Å². The zero-order chi connectivity index (χ0) is 18.1. The van der Waals surface area contributed by atoms with Gasteiger partial charge in [0.1, 0.15) is 5.78 Å². The van der Waals surface area contributed by atoms with Gasteiger partial charge in [-0.3, -0.25) is 4.79 Å². The van der Waals surface area contributed by atoms with Crippen molar-refractivity contribution in [1.29, 1.82) is 0 Å². The van der Waals surface area contributed by atoms with Gasteiger partial charge in [0.2, 0.25) is 0 Å². The standard InChI is InChI=1S/C6H12O.C4F10/c1-5(7)6(2,3)4;5-1(6,3(9,10)11)2(7,8)4(12,13)14/h1-4H3;. The van der Waals surface area contributed by atoms with Gasteiger partial charge in [-0.1, -0.05) is 20.8 Å². The van der Waals surface area contributed by atoms with Gasteiger partial charge in [-0.25, -0.2) is 0 Å². The molecule has 0 spiro atoms. The molecule has 0 amide bonds. The maximum Gasteiger partial charge on any atom is 0.460 e. The monoisotopic (exact) mass is 338 g/mol. The van der Waals surface area contributed by atoms with Gasteiger partial charge in [0, 0.05) is 5.41 Å². The Kier molecular flexibility index (Phi) is 6.35. The smallest absolute Gasteiger partial charge is 0.299 e. The molecule has 0 heterocycles. The second kappa shape index (κ2) is 5.99. The Hall–Kier alpha value is -1.03. The first-order valence-corrected chi connectivity index (χ1v) is 5.09. The van der Waals surface area contributed by atoms with Crippen LogP contribution in [-0.2, 0) is 4.79 Å². The zero-order valence-electron chi connectivity index (χ0n) is 11.2. The number of alkyl halides is 10. The van der Waals surface area contributed by atoms with Crippen LogP contribution < -0.4 is 0 Å². The van der Waals surface area contributed by atoms with Crippen LogP contribution in [0, 0.1) is 5.41 Å². The van der Waals surface area contributed by atoms with Gasteiger partial charge in [-0.15, -0.1) is 0 Å². The van der Waals surface area contributed by atoms with Crippen molar-refractivity contribution < 1.29 is 48.7 Å². The second-order valence-electron chi connectivity index (χ2n) is 4.95. The Morgan fingerprint density at radius 1 is 0.619 bits per heavy atom. The molecule has 0 aliphatic rings. The average molecular weight is 338 g/mol. The van der Waals surface area contributed by atoms with Crippen LogP contribution in [0.15, 0.2) is 0 Å². The van der Waals surface area contributed by atoms with Crippen molar-refractivity contribution in [3.05, 3.63) is 0 Å². The Morgan fingerprint density at radius 3 is 0.810 bits per heavy atom. The Morgan fingerprint density at radius 2 is 0.762 bits per heavy atom. The zero-order valence-corrected chi connectivity index (χ0v) is 11.2. The molecule has 0 fully saturated rings. The van der Waals surface area contributed by atoms with E-state index in [1.165, 1.54) is 0 Å². The van der Waals surface area contributed by atoms with Crippen LogP contribution in [0.5, 0.6) is 0 Å². The SMILES string of the molecule is CC(=O)C(C)(C)C.FC(F)(F)C(F)(F)C(F)(F)C(F)(F)F. The fourth-order valence-electron chi connectivity index (χ4n) is 0.356. The first-order chi connectivity index (χ1) is 8.69. The molecule has 0 atom stereocenters. The molecule has 11 heteroatoms. The second-order valence-corrected chi connectivity index (χ2v) is 4.95. The molecule has 0 saturated carbocycles. The molecular weight excluding hydrogens is 326 g/mol. The first-order valence-electron chi connectivity index (χ1n) is 5.09. The summed E-state index contributed by atoms with van der Waals surface area (Å²) in [5.41, 5.74) is -0.139. The topological polar surface area (TPSA) is 17.1 Å². The lowest BCUT2D eigenvalue weighted by atomic mass is 9.92. The van der Waals surface area contributed by atoms with Gasteiger partial charge >= 0.3 is 24.2 Å². The van der Waals surface area contributed by atoms with Crippen LogP contribution in [-0.4, -0.2) is 30.0 Å². The number of carbonyl (C=O) groups is 1. The van der Waals surface area contributed by atoms with Crippen LogP contribution in [0.2, 0.25) is 0 Å². The molecule has 0 bridgehead atoms. The van der Waals surface area contributed by atoms with Crippen molar-refractivity contribution in [1.82, 2.24) is 0 Å². The fourth-order valence-corrected chi connectivity index (χ4v) is 0.356. The number of hydrogen-bond donors (Lipinski definition) is 0. The van der Waals surface area contributed by atoms with Gasteiger partial charge < -0.3 is 0 Å². The highest BCUT2D eigenvalue weighted by molar-refractivity contribution is 5.80. The van der Waals surface area contributed by atoms with Gasteiger partial charge in [-0.05, 0) is 6.92 Å². The van der Waals surface area contributed by atoms with E-state index >= 15 is 0 Å². The molecule has 21 heavy (non-hydrogen) atoms. The lowest BCUT2D eigenvalue weighted by Gasteiger charge is -2.29. The molecule has 1 nitrogen and oxygen atoms in total. The minimum Gasteiger partial charge on any atom is -0.299 e. The molecular formula is C10H12F10O. The number of carbonyl (C=O) groups excluding carboxylic acids is 1. The predicted octanol–water partition coefficient (Wildman–Crippen LogP) is 5.00. The number of ketones is 1. The Labute approximate surface area is 113 Å². The molecule has 0 aromatic rings. The summed E-state index contributed by atoms with van der Waals surface area (Å²) in [6.45, 7) is 7.35. The van der Waals surface area contributed by atoms with E-state index in [-0.39, 0.29) is 11.2 Å². The largest absolute Gasteiger partial charge is 0.460 e. The van der Waals surface area contributed by atoms with Crippen LogP contribution in [0.3, 0.4) is 0 Å². The maximum absolute atomic E-state index is 11.6. The number of rotatable bonds is 1. The van der Waals surface area contributed by atoms with Crippen molar-refractivity contribution in [2.75, 3.05) is 0 Å². The molecule has 128 valence electrons. The molecule has 0 aliphatic carbocycles. The van der Waals surface area contributed by atoms with Gasteiger partial charge in [0.15, 0.2) is 0 Å². The van der Waals surface area contributed by atoms with E-state index in [4.69, 9.17) is 0 Å². The predicted molar refractivity (Wildman–Crippen MR) is 52.1 cm³/mol. The van der Waals surface area contributed by atoms with Gasteiger partial charge in [0.05, 0.1) is 0 Å². The van der Waals surface area contributed by atoms with Crippen LogP contribution >= 0.6 is 0 Å². The number of Topliss-reactive ketones (excluding diaryl/α,β-unsaturated/α-hetero) is 1. The summed E-state index contributed by atoms with van der Waals surface area (Å²) in [6.07, 6.45) is -13.9. The highest BCUT2D eigenvalue weighted by Gasteiger charge is 2.82. The highest BCUT2D eigenvalue weighted by Crippen LogP contribution is 2.53. The Balaban J connectivity index is 0. The third-order valence-electron chi connectivity index (χ3n) is 2.16. The quantitative estimate of drug-likeness (QED) is 0.615. The molecule has 0 rings (SSSR count). The summed E-state index contributed by atoms with van der Waals surface area (Å²) in [5.74, 6) is -14.0. The van der Waals surface area contributed by atoms with Crippen molar-refractivity contribution in [2.24, 2.45) is 5.41 Å². The van der Waals surface area contributed by atoms with Crippen LogP contribution in [0.25, 0.3) is 0 Å².